The van der Waals surface area contributed by atoms with Crippen LogP contribution in [0.25, 0.3) is 0 Å². The third-order valence-electron chi connectivity index (χ3n) is 3.50. The molecule has 0 aliphatic carbocycles. The second-order valence-electron chi connectivity index (χ2n) is 4.90. The Kier molecular flexibility index (Phi) is 11.0. The topological polar surface area (TPSA) is 26.0 Å². The molecule has 1 nitrogen and oxygen atoms in total. The predicted molar refractivity (Wildman–Crippen MR) is 74.6 cm³/mol. The Morgan fingerprint density at radius 1 is 1.06 bits per heavy atom. The molecule has 2 N–H and O–H groups in total. The first-order valence-corrected chi connectivity index (χ1v) is 7.12. The Morgan fingerprint density at radius 3 is 2.38 bits per heavy atom. The summed E-state index contributed by atoms with van der Waals surface area (Å²) in [4.78, 5) is 0. The average Bonchev–Trinajstić information content (AvgIpc) is 2.30. The summed E-state index contributed by atoms with van der Waals surface area (Å²) in [5, 5.41) is 0. The van der Waals surface area contributed by atoms with Crippen LogP contribution in [0.15, 0.2) is 12.7 Å². The molecule has 2 unspecified atom stereocenters. The predicted octanol–water partition coefficient (Wildman–Crippen LogP) is 4.67. The zero-order chi connectivity index (χ0) is 12.2. The Labute approximate surface area is 102 Å². The summed E-state index contributed by atoms with van der Waals surface area (Å²) in [5.41, 5.74) is 6.26. The van der Waals surface area contributed by atoms with Crippen molar-refractivity contribution in [2.75, 3.05) is 0 Å². The van der Waals surface area contributed by atoms with E-state index in [0.29, 0.717) is 6.04 Å². The summed E-state index contributed by atoms with van der Waals surface area (Å²) >= 11 is 0. The van der Waals surface area contributed by atoms with Gasteiger partial charge in [0.05, 0.1) is 0 Å². The number of unbranched alkanes of at least 4 members (excludes halogenated alkanes) is 4. The average molecular weight is 225 g/mol. The van der Waals surface area contributed by atoms with Crippen molar-refractivity contribution in [3.8, 4) is 0 Å². The lowest BCUT2D eigenvalue weighted by Crippen LogP contribution is -2.29. The molecular formula is C15H31N. The molecule has 96 valence electrons. The Hall–Kier alpha value is -0.300. The standard InChI is InChI=1S/C15H31N/c1-4-7-9-10-11-13-15(16)14(6-3)12-8-5-2/h4,14-15H,1,5-13,16H2,2-3H3. The second kappa shape index (κ2) is 11.2. The van der Waals surface area contributed by atoms with Crippen LogP contribution in [0.3, 0.4) is 0 Å². The zero-order valence-electron chi connectivity index (χ0n) is 11.4. The van der Waals surface area contributed by atoms with Crippen LogP contribution in [-0.2, 0) is 0 Å². The molecule has 0 spiro atoms. The van der Waals surface area contributed by atoms with Crippen LogP contribution in [0.5, 0.6) is 0 Å². The molecule has 1 heteroatoms. The Balaban J connectivity index is 3.57. The molecule has 0 aliphatic heterocycles. The number of nitrogens with two attached hydrogens (primary N) is 1. The van der Waals surface area contributed by atoms with Crippen LogP contribution in [0.2, 0.25) is 0 Å². The zero-order valence-corrected chi connectivity index (χ0v) is 11.4. The first-order valence-electron chi connectivity index (χ1n) is 7.12. The van der Waals surface area contributed by atoms with E-state index >= 15 is 0 Å². The smallest absolute Gasteiger partial charge is 0.00670 e. The Bertz CT molecular complexity index is 154. The summed E-state index contributed by atoms with van der Waals surface area (Å²) in [6.07, 6.45) is 13.4. The molecule has 0 fully saturated rings. The molecule has 0 aromatic heterocycles. The summed E-state index contributed by atoms with van der Waals surface area (Å²) in [6, 6.07) is 0.431. The molecular weight excluding hydrogens is 194 g/mol. The fourth-order valence-electron chi connectivity index (χ4n) is 2.27. The highest BCUT2D eigenvalue weighted by Crippen LogP contribution is 2.19. The molecule has 0 rings (SSSR count). The van der Waals surface area contributed by atoms with Crippen LogP contribution < -0.4 is 5.73 Å². The van der Waals surface area contributed by atoms with Crippen LogP contribution in [0, 0.1) is 5.92 Å². The second-order valence-corrected chi connectivity index (χ2v) is 4.90. The van der Waals surface area contributed by atoms with Gasteiger partial charge in [0.15, 0.2) is 0 Å². The van der Waals surface area contributed by atoms with E-state index < -0.39 is 0 Å². The van der Waals surface area contributed by atoms with E-state index in [-0.39, 0.29) is 0 Å². The van der Waals surface area contributed by atoms with E-state index in [1.165, 1.54) is 51.4 Å². The maximum atomic E-state index is 6.26. The van der Waals surface area contributed by atoms with E-state index in [2.05, 4.69) is 20.4 Å². The lowest BCUT2D eigenvalue weighted by atomic mass is 9.89. The number of rotatable bonds is 11. The first-order chi connectivity index (χ1) is 7.76. The van der Waals surface area contributed by atoms with Crippen LogP contribution in [0.1, 0.15) is 71.6 Å². The van der Waals surface area contributed by atoms with Crippen LogP contribution in [-0.4, -0.2) is 6.04 Å². The molecule has 0 amide bonds. The highest BCUT2D eigenvalue weighted by atomic mass is 14.6. The minimum Gasteiger partial charge on any atom is -0.327 e. The van der Waals surface area contributed by atoms with Crippen molar-refractivity contribution in [2.24, 2.45) is 11.7 Å². The minimum absolute atomic E-state index is 0.431. The fraction of sp³-hybridized carbons (Fsp3) is 0.867. The maximum absolute atomic E-state index is 6.26. The molecule has 0 aliphatic rings. The van der Waals surface area contributed by atoms with Gasteiger partial charge in [-0.2, -0.15) is 0 Å². The SMILES string of the molecule is C=CCCCCCC(N)C(CC)CCCC. The van der Waals surface area contributed by atoms with E-state index in [1.807, 2.05) is 6.08 Å². The monoisotopic (exact) mass is 225 g/mol. The fourth-order valence-corrected chi connectivity index (χ4v) is 2.27. The third-order valence-corrected chi connectivity index (χ3v) is 3.50. The summed E-state index contributed by atoms with van der Waals surface area (Å²) in [5.74, 6) is 0.749. The van der Waals surface area contributed by atoms with Crippen molar-refractivity contribution in [2.45, 2.75) is 77.7 Å². The molecule has 0 heterocycles. The maximum Gasteiger partial charge on any atom is 0.00670 e. The van der Waals surface area contributed by atoms with Gasteiger partial charge < -0.3 is 5.73 Å². The van der Waals surface area contributed by atoms with Gasteiger partial charge in [-0.3, -0.25) is 0 Å². The number of hydrogen-bond acceptors (Lipinski definition) is 1. The summed E-state index contributed by atoms with van der Waals surface area (Å²) in [7, 11) is 0. The van der Waals surface area contributed by atoms with Gasteiger partial charge in [-0.1, -0.05) is 52.0 Å². The number of hydrogen-bond donors (Lipinski definition) is 1. The van der Waals surface area contributed by atoms with Crippen LogP contribution >= 0.6 is 0 Å². The molecule has 2 atom stereocenters. The third kappa shape index (κ3) is 7.92. The molecule has 0 saturated carbocycles. The van der Waals surface area contributed by atoms with Crippen molar-refractivity contribution < 1.29 is 0 Å². The highest BCUT2D eigenvalue weighted by Gasteiger charge is 2.14. The highest BCUT2D eigenvalue weighted by molar-refractivity contribution is 4.72. The lowest BCUT2D eigenvalue weighted by Gasteiger charge is -2.22. The van der Waals surface area contributed by atoms with E-state index in [0.717, 1.165) is 12.3 Å². The van der Waals surface area contributed by atoms with Gasteiger partial charge in [0.1, 0.15) is 0 Å². The molecule has 16 heavy (non-hydrogen) atoms. The van der Waals surface area contributed by atoms with Gasteiger partial charge in [0.25, 0.3) is 0 Å². The van der Waals surface area contributed by atoms with Gasteiger partial charge in [0.2, 0.25) is 0 Å². The molecule has 0 radical (unpaired) electrons. The lowest BCUT2D eigenvalue weighted by molar-refractivity contribution is 0.347. The Morgan fingerprint density at radius 2 is 1.81 bits per heavy atom. The van der Waals surface area contributed by atoms with Crippen molar-refractivity contribution >= 4 is 0 Å². The number of allylic oxidation sites excluding steroid dienone is 1. The van der Waals surface area contributed by atoms with Crippen molar-refractivity contribution in [1.29, 1.82) is 0 Å². The quantitative estimate of drug-likeness (QED) is 0.401. The van der Waals surface area contributed by atoms with Gasteiger partial charge >= 0.3 is 0 Å². The normalized spacial score (nSPS) is 14.7. The molecule has 0 aromatic rings. The van der Waals surface area contributed by atoms with Crippen molar-refractivity contribution in [1.82, 2.24) is 0 Å². The van der Waals surface area contributed by atoms with Gasteiger partial charge in [0, 0.05) is 6.04 Å². The van der Waals surface area contributed by atoms with E-state index in [9.17, 15) is 0 Å². The van der Waals surface area contributed by atoms with Crippen molar-refractivity contribution in [3.05, 3.63) is 12.7 Å². The summed E-state index contributed by atoms with van der Waals surface area (Å²) < 4.78 is 0. The molecule has 0 aromatic carbocycles. The van der Waals surface area contributed by atoms with Gasteiger partial charge in [-0.25, -0.2) is 0 Å². The van der Waals surface area contributed by atoms with Crippen molar-refractivity contribution in [3.63, 3.8) is 0 Å². The van der Waals surface area contributed by atoms with E-state index in [1.54, 1.807) is 0 Å². The largest absolute Gasteiger partial charge is 0.327 e. The van der Waals surface area contributed by atoms with Gasteiger partial charge in [-0.15, -0.1) is 6.58 Å². The summed E-state index contributed by atoms with van der Waals surface area (Å²) in [6.45, 7) is 8.28. The van der Waals surface area contributed by atoms with Gasteiger partial charge in [-0.05, 0) is 31.6 Å². The van der Waals surface area contributed by atoms with Crippen LogP contribution in [0.4, 0.5) is 0 Å². The minimum atomic E-state index is 0.431. The first kappa shape index (κ1) is 15.7. The van der Waals surface area contributed by atoms with E-state index in [4.69, 9.17) is 5.73 Å². The molecule has 0 saturated heterocycles. The molecule has 0 bridgehead atoms.